The number of benzene rings is 1. The van der Waals surface area contributed by atoms with Gasteiger partial charge < -0.3 is 10.2 Å². The van der Waals surface area contributed by atoms with Crippen molar-refractivity contribution in [2.45, 2.75) is 39.2 Å². The van der Waals surface area contributed by atoms with Crippen molar-refractivity contribution in [3.8, 4) is 0 Å². The molecule has 2 rings (SSSR count). The highest BCUT2D eigenvalue weighted by molar-refractivity contribution is 5.65. The Bertz CT molecular complexity index is 462. The smallest absolute Gasteiger partial charge is 0.273 e. The van der Waals surface area contributed by atoms with Crippen LogP contribution in [-0.4, -0.2) is 24.1 Å². The van der Waals surface area contributed by atoms with E-state index in [-0.39, 0.29) is 10.6 Å². The van der Waals surface area contributed by atoms with Gasteiger partial charge in [-0.05, 0) is 32.3 Å². The summed E-state index contributed by atoms with van der Waals surface area (Å²) in [4.78, 5) is 13.0. The predicted molar refractivity (Wildman–Crippen MR) is 77.9 cm³/mol. The van der Waals surface area contributed by atoms with Crippen molar-refractivity contribution in [1.29, 1.82) is 0 Å². The molecule has 0 bridgehead atoms. The molecule has 104 valence electrons. The summed E-state index contributed by atoms with van der Waals surface area (Å²) in [7, 11) is 0. The number of hydrogen-bond donors (Lipinski definition) is 1. The summed E-state index contributed by atoms with van der Waals surface area (Å²) >= 11 is 0. The molecule has 1 N–H and O–H groups in total. The van der Waals surface area contributed by atoms with Crippen LogP contribution in [0.1, 0.15) is 33.1 Å². The van der Waals surface area contributed by atoms with Crippen LogP contribution in [0.4, 0.5) is 17.1 Å². The molecule has 1 aliphatic heterocycles. The second-order valence-electron chi connectivity index (χ2n) is 5.11. The first-order chi connectivity index (χ1) is 9.11. The molecule has 0 amide bonds. The van der Waals surface area contributed by atoms with Crippen LogP contribution in [0, 0.1) is 10.1 Å². The van der Waals surface area contributed by atoms with Crippen LogP contribution in [0.3, 0.4) is 0 Å². The Kier molecular flexibility index (Phi) is 4.24. The summed E-state index contributed by atoms with van der Waals surface area (Å²) in [5.41, 5.74) is 1.96. The van der Waals surface area contributed by atoms with E-state index in [1.807, 2.05) is 6.07 Å². The number of non-ortho nitro benzene ring substituents is 1. The Labute approximate surface area is 113 Å². The van der Waals surface area contributed by atoms with Crippen LogP contribution < -0.4 is 10.2 Å². The molecule has 0 spiro atoms. The molecule has 5 heteroatoms. The third-order valence-electron chi connectivity index (χ3n) is 3.58. The van der Waals surface area contributed by atoms with Crippen molar-refractivity contribution < 1.29 is 4.92 Å². The summed E-state index contributed by atoms with van der Waals surface area (Å²) in [5.74, 6) is 0. The third-order valence-corrected chi connectivity index (χ3v) is 3.58. The molecule has 1 aromatic rings. The van der Waals surface area contributed by atoms with Crippen molar-refractivity contribution in [2.75, 3.05) is 23.3 Å². The molecular formula is C14H21N3O2. The third kappa shape index (κ3) is 3.16. The monoisotopic (exact) mass is 263 g/mol. The van der Waals surface area contributed by atoms with Crippen LogP contribution in [0.2, 0.25) is 0 Å². The molecule has 1 aliphatic rings. The van der Waals surface area contributed by atoms with Crippen LogP contribution in [0.15, 0.2) is 18.2 Å². The van der Waals surface area contributed by atoms with E-state index in [0.717, 1.165) is 43.7 Å². The first-order valence-corrected chi connectivity index (χ1v) is 6.92. The van der Waals surface area contributed by atoms with Crippen molar-refractivity contribution in [3.05, 3.63) is 28.3 Å². The Hall–Kier alpha value is -1.78. The minimum atomic E-state index is -0.318. The first-order valence-electron chi connectivity index (χ1n) is 6.92. The minimum Gasteiger partial charge on any atom is -0.385 e. The van der Waals surface area contributed by atoms with E-state index < -0.39 is 0 Å². The van der Waals surface area contributed by atoms with E-state index in [9.17, 15) is 10.1 Å². The first kappa shape index (κ1) is 13.6. The number of nitrogens with zero attached hydrogens (tertiary/aromatic N) is 2. The summed E-state index contributed by atoms with van der Waals surface area (Å²) < 4.78 is 0. The quantitative estimate of drug-likeness (QED) is 0.653. The number of rotatable bonds is 5. The van der Waals surface area contributed by atoms with Crippen molar-refractivity contribution in [3.63, 3.8) is 0 Å². The van der Waals surface area contributed by atoms with Gasteiger partial charge in [-0.2, -0.15) is 0 Å². The highest BCUT2D eigenvalue weighted by Crippen LogP contribution is 2.31. The normalized spacial score (nSPS) is 18.6. The van der Waals surface area contributed by atoms with E-state index in [1.165, 1.54) is 0 Å². The summed E-state index contributed by atoms with van der Waals surface area (Å²) in [5, 5.41) is 14.3. The number of nitrogens with one attached hydrogen (secondary N) is 1. The molecule has 1 saturated heterocycles. The Balaban J connectivity index is 2.30. The number of hydrogen-bond acceptors (Lipinski definition) is 4. The topological polar surface area (TPSA) is 58.4 Å². The van der Waals surface area contributed by atoms with E-state index in [4.69, 9.17) is 0 Å². The largest absolute Gasteiger partial charge is 0.385 e. The number of anilines is 2. The van der Waals surface area contributed by atoms with Crippen LogP contribution >= 0.6 is 0 Å². The lowest BCUT2D eigenvalue weighted by Gasteiger charge is -2.24. The average Bonchev–Trinajstić information content (AvgIpc) is 2.82. The Morgan fingerprint density at radius 1 is 1.47 bits per heavy atom. The molecule has 0 radical (unpaired) electrons. The summed E-state index contributed by atoms with van der Waals surface area (Å²) in [6.45, 7) is 6.06. The molecule has 0 aromatic heterocycles. The zero-order valence-corrected chi connectivity index (χ0v) is 11.6. The second kappa shape index (κ2) is 5.91. The van der Waals surface area contributed by atoms with Crippen molar-refractivity contribution >= 4 is 17.1 Å². The van der Waals surface area contributed by atoms with Gasteiger partial charge >= 0.3 is 0 Å². The van der Waals surface area contributed by atoms with Gasteiger partial charge in [-0.15, -0.1) is 0 Å². The zero-order valence-electron chi connectivity index (χ0n) is 11.6. The van der Waals surface area contributed by atoms with E-state index in [2.05, 4.69) is 24.1 Å². The van der Waals surface area contributed by atoms with Gasteiger partial charge in [-0.3, -0.25) is 10.1 Å². The Morgan fingerprint density at radius 2 is 2.26 bits per heavy atom. The summed E-state index contributed by atoms with van der Waals surface area (Å²) in [6, 6.07) is 5.77. The SMILES string of the molecule is CCCNc1cc(N2CCCC2C)cc([N+](=O)[O-])c1. The predicted octanol–water partition coefficient (Wildman–Crippen LogP) is 3.41. The highest BCUT2D eigenvalue weighted by atomic mass is 16.6. The van der Waals surface area contributed by atoms with Gasteiger partial charge in [0, 0.05) is 42.6 Å². The van der Waals surface area contributed by atoms with Crippen molar-refractivity contribution in [1.82, 2.24) is 0 Å². The molecule has 1 heterocycles. The lowest BCUT2D eigenvalue weighted by Crippen LogP contribution is -2.26. The highest BCUT2D eigenvalue weighted by Gasteiger charge is 2.22. The van der Waals surface area contributed by atoms with Gasteiger partial charge in [-0.25, -0.2) is 0 Å². The molecule has 1 aromatic carbocycles. The zero-order chi connectivity index (χ0) is 13.8. The summed E-state index contributed by atoms with van der Waals surface area (Å²) in [6.07, 6.45) is 3.31. The minimum absolute atomic E-state index is 0.162. The van der Waals surface area contributed by atoms with Gasteiger partial charge in [0.25, 0.3) is 5.69 Å². The maximum Gasteiger partial charge on any atom is 0.273 e. The maximum absolute atomic E-state index is 11.0. The van der Waals surface area contributed by atoms with Crippen LogP contribution in [0.25, 0.3) is 0 Å². The van der Waals surface area contributed by atoms with Gasteiger partial charge in [0.1, 0.15) is 0 Å². The van der Waals surface area contributed by atoms with E-state index >= 15 is 0 Å². The molecule has 1 atom stereocenters. The van der Waals surface area contributed by atoms with Crippen LogP contribution in [0.5, 0.6) is 0 Å². The van der Waals surface area contributed by atoms with E-state index in [0.29, 0.717) is 6.04 Å². The maximum atomic E-state index is 11.0. The lowest BCUT2D eigenvalue weighted by atomic mass is 10.2. The van der Waals surface area contributed by atoms with Crippen LogP contribution in [-0.2, 0) is 0 Å². The Morgan fingerprint density at radius 3 is 2.84 bits per heavy atom. The van der Waals surface area contributed by atoms with E-state index in [1.54, 1.807) is 12.1 Å². The van der Waals surface area contributed by atoms with Crippen molar-refractivity contribution in [2.24, 2.45) is 0 Å². The standard InChI is InChI=1S/C14H21N3O2/c1-3-6-15-12-8-13(10-14(9-12)17(18)19)16-7-4-5-11(16)2/h8-11,15H,3-7H2,1-2H3. The molecule has 1 fully saturated rings. The van der Waals surface area contributed by atoms with Gasteiger partial charge in [0.05, 0.1) is 4.92 Å². The molecule has 19 heavy (non-hydrogen) atoms. The fourth-order valence-electron chi connectivity index (χ4n) is 2.55. The van der Waals surface area contributed by atoms with Gasteiger partial charge in [0.2, 0.25) is 0 Å². The number of nitro benzene ring substituents is 1. The molecular weight excluding hydrogens is 242 g/mol. The molecule has 0 saturated carbocycles. The molecule has 1 unspecified atom stereocenters. The average molecular weight is 263 g/mol. The fraction of sp³-hybridized carbons (Fsp3) is 0.571. The molecule has 5 nitrogen and oxygen atoms in total. The van der Waals surface area contributed by atoms with Gasteiger partial charge in [0.15, 0.2) is 0 Å². The number of nitro groups is 1. The fourth-order valence-corrected chi connectivity index (χ4v) is 2.55. The lowest BCUT2D eigenvalue weighted by molar-refractivity contribution is -0.384. The second-order valence-corrected chi connectivity index (χ2v) is 5.11. The van der Waals surface area contributed by atoms with Gasteiger partial charge in [-0.1, -0.05) is 6.92 Å². The molecule has 0 aliphatic carbocycles.